The Hall–Kier alpha value is -1.12. The number of ether oxygens (including phenoxy) is 1. The van der Waals surface area contributed by atoms with Crippen LogP contribution in [0.25, 0.3) is 0 Å². The molecule has 0 N–H and O–H groups in total. The Morgan fingerprint density at radius 2 is 1.06 bits per heavy atom. The molecule has 0 rings (SSSR count). The third kappa shape index (κ3) is 27.3. The summed E-state index contributed by atoms with van der Waals surface area (Å²) in [5.41, 5.74) is 0. The second-order valence-electron chi connectivity index (χ2n) is 10.6. The quantitative estimate of drug-likeness (QED) is 0.0650. The van der Waals surface area contributed by atoms with Crippen LogP contribution in [0.2, 0.25) is 0 Å². The Morgan fingerprint density at radius 1 is 0.600 bits per heavy atom. The molecular formula is C32H60O3. The van der Waals surface area contributed by atoms with Gasteiger partial charge in [0.25, 0.3) is 0 Å². The number of allylic oxidation sites excluding steroid dienone is 1. The van der Waals surface area contributed by atoms with Crippen molar-refractivity contribution in [2.24, 2.45) is 0 Å². The number of carbonyl (C=O) groups is 2. The van der Waals surface area contributed by atoms with Gasteiger partial charge in [-0.15, -0.1) is 0 Å². The maximum absolute atomic E-state index is 12.1. The van der Waals surface area contributed by atoms with E-state index in [0.29, 0.717) is 5.78 Å². The number of unbranched alkanes of at least 4 members (excludes halogenated alkanes) is 17. The monoisotopic (exact) mass is 492 g/mol. The molecule has 0 aromatic rings. The van der Waals surface area contributed by atoms with Crippen LogP contribution in [0.1, 0.15) is 175 Å². The number of hydrogen-bond acceptors (Lipinski definition) is 3. The fourth-order valence-electron chi connectivity index (χ4n) is 4.67. The first-order chi connectivity index (χ1) is 17.1. The molecule has 35 heavy (non-hydrogen) atoms. The van der Waals surface area contributed by atoms with Crippen LogP contribution in [0.3, 0.4) is 0 Å². The molecule has 0 radical (unpaired) electrons. The number of carbonyl (C=O) groups excluding carboxylic acids is 2. The van der Waals surface area contributed by atoms with Gasteiger partial charge >= 0.3 is 5.97 Å². The van der Waals surface area contributed by atoms with Crippen LogP contribution in [0.15, 0.2) is 12.2 Å². The van der Waals surface area contributed by atoms with Crippen LogP contribution in [0, 0.1) is 0 Å². The molecule has 0 bridgehead atoms. The third-order valence-electron chi connectivity index (χ3n) is 6.91. The molecule has 0 aliphatic rings. The molecule has 0 aliphatic heterocycles. The first-order valence-electron chi connectivity index (χ1n) is 15.4. The topological polar surface area (TPSA) is 43.4 Å². The average molecular weight is 493 g/mol. The van der Waals surface area contributed by atoms with Crippen LogP contribution in [-0.4, -0.2) is 17.9 Å². The normalized spacial score (nSPS) is 12.3. The van der Waals surface area contributed by atoms with E-state index in [-0.39, 0.29) is 12.1 Å². The Morgan fingerprint density at radius 3 is 1.57 bits per heavy atom. The van der Waals surface area contributed by atoms with Gasteiger partial charge in [-0.3, -0.25) is 9.59 Å². The summed E-state index contributed by atoms with van der Waals surface area (Å²) in [5, 5.41) is 0. The highest BCUT2D eigenvalue weighted by Gasteiger charge is 2.09. The summed E-state index contributed by atoms with van der Waals surface area (Å²) in [6.07, 6.45) is 33.0. The third-order valence-corrected chi connectivity index (χ3v) is 6.91. The van der Waals surface area contributed by atoms with Gasteiger partial charge in [-0.2, -0.15) is 0 Å². The predicted octanol–water partition coefficient (Wildman–Crippen LogP) is 10.4. The van der Waals surface area contributed by atoms with E-state index in [0.717, 1.165) is 51.4 Å². The molecule has 0 heterocycles. The minimum absolute atomic E-state index is 0.0402. The van der Waals surface area contributed by atoms with Crippen LogP contribution in [0.5, 0.6) is 0 Å². The molecule has 3 heteroatoms. The van der Waals surface area contributed by atoms with Gasteiger partial charge in [0.1, 0.15) is 11.9 Å². The van der Waals surface area contributed by atoms with Crippen molar-refractivity contribution < 1.29 is 14.3 Å². The van der Waals surface area contributed by atoms with Crippen molar-refractivity contribution in [3.05, 3.63) is 12.2 Å². The summed E-state index contributed by atoms with van der Waals surface area (Å²) in [6.45, 7) is 5.99. The van der Waals surface area contributed by atoms with Gasteiger partial charge in [0.2, 0.25) is 0 Å². The van der Waals surface area contributed by atoms with E-state index in [2.05, 4.69) is 26.0 Å². The first kappa shape index (κ1) is 33.9. The lowest BCUT2D eigenvalue weighted by Crippen LogP contribution is -2.15. The van der Waals surface area contributed by atoms with E-state index in [1.54, 1.807) is 0 Å². The van der Waals surface area contributed by atoms with E-state index in [1.165, 1.54) is 110 Å². The molecule has 3 nitrogen and oxygen atoms in total. The summed E-state index contributed by atoms with van der Waals surface area (Å²) in [6, 6.07) is 0. The summed E-state index contributed by atoms with van der Waals surface area (Å²) < 4.78 is 5.47. The smallest absolute Gasteiger partial charge is 0.302 e. The summed E-state index contributed by atoms with van der Waals surface area (Å²) in [4.78, 5) is 23.4. The molecule has 0 saturated carbocycles. The minimum Gasteiger partial charge on any atom is -0.462 e. The molecule has 1 atom stereocenters. The van der Waals surface area contributed by atoms with Crippen molar-refractivity contribution in [3.8, 4) is 0 Å². The van der Waals surface area contributed by atoms with Gasteiger partial charge in [0.05, 0.1) is 0 Å². The van der Waals surface area contributed by atoms with Crippen LogP contribution in [-0.2, 0) is 14.3 Å². The SMILES string of the molecule is CCCCCCCCCCCCC(=O)CCCCCCCC=CC[C@@H](CCCCCC)OC(C)=O. The molecule has 0 saturated heterocycles. The van der Waals surface area contributed by atoms with Crippen LogP contribution in [0.4, 0.5) is 0 Å². The first-order valence-corrected chi connectivity index (χ1v) is 15.4. The highest BCUT2D eigenvalue weighted by molar-refractivity contribution is 5.78. The Bertz CT molecular complexity index is 497. The fourth-order valence-corrected chi connectivity index (χ4v) is 4.67. The molecular weight excluding hydrogens is 432 g/mol. The summed E-state index contributed by atoms with van der Waals surface area (Å²) in [7, 11) is 0. The number of hydrogen-bond donors (Lipinski definition) is 0. The van der Waals surface area contributed by atoms with Crippen molar-refractivity contribution in [2.45, 2.75) is 181 Å². The standard InChI is InChI=1S/C32H60O3/c1-4-6-8-10-11-12-13-16-19-22-26-31(34)27-23-20-17-14-15-18-21-25-29-32(35-30(3)33)28-24-9-7-5-2/h21,25,32H,4-20,22-24,26-29H2,1-3H3/t32-/m1/s1. The highest BCUT2D eigenvalue weighted by atomic mass is 16.5. The second kappa shape index (κ2) is 27.5. The lowest BCUT2D eigenvalue weighted by Gasteiger charge is -2.15. The van der Waals surface area contributed by atoms with Gasteiger partial charge in [-0.1, -0.05) is 122 Å². The van der Waals surface area contributed by atoms with E-state index >= 15 is 0 Å². The van der Waals surface area contributed by atoms with Crippen molar-refractivity contribution in [3.63, 3.8) is 0 Å². The van der Waals surface area contributed by atoms with E-state index in [9.17, 15) is 9.59 Å². The van der Waals surface area contributed by atoms with Crippen LogP contribution < -0.4 is 0 Å². The van der Waals surface area contributed by atoms with Gasteiger partial charge in [0.15, 0.2) is 0 Å². The molecule has 0 unspecified atom stereocenters. The Kier molecular flexibility index (Phi) is 26.6. The van der Waals surface area contributed by atoms with E-state index in [1.807, 2.05) is 0 Å². The molecule has 206 valence electrons. The molecule has 0 amide bonds. The molecule has 0 aromatic carbocycles. The summed E-state index contributed by atoms with van der Waals surface area (Å²) >= 11 is 0. The molecule has 0 aliphatic carbocycles. The van der Waals surface area contributed by atoms with Gasteiger partial charge in [-0.05, 0) is 38.5 Å². The second-order valence-corrected chi connectivity index (χ2v) is 10.6. The van der Waals surface area contributed by atoms with Crippen molar-refractivity contribution >= 4 is 11.8 Å². The lowest BCUT2D eigenvalue weighted by atomic mass is 10.0. The number of esters is 1. The Labute approximate surface area is 219 Å². The molecule has 0 aromatic heterocycles. The minimum atomic E-state index is -0.166. The van der Waals surface area contributed by atoms with Crippen molar-refractivity contribution in [2.75, 3.05) is 0 Å². The van der Waals surface area contributed by atoms with Gasteiger partial charge < -0.3 is 4.74 Å². The number of Topliss-reactive ketones (excluding diaryl/α,β-unsaturated/α-hetero) is 1. The van der Waals surface area contributed by atoms with E-state index in [4.69, 9.17) is 4.74 Å². The van der Waals surface area contributed by atoms with Crippen molar-refractivity contribution in [1.82, 2.24) is 0 Å². The lowest BCUT2D eigenvalue weighted by molar-refractivity contribution is -0.146. The largest absolute Gasteiger partial charge is 0.462 e. The predicted molar refractivity (Wildman–Crippen MR) is 152 cm³/mol. The zero-order valence-corrected chi connectivity index (χ0v) is 23.9. The zero-order chi connectivity index (χ0) is 25.8. The van der Waals surface area contributed by atoms with E-state index < -0.39 is 0 Å². The zero-order valence-electron chi connectivity index (χ0n) is 23.9. The summed E-state index contributed by atoms with van der Waals surface area (Å²) in [5.74, 6) is 0.311. The van der Waals surface area contributed by atoms with Crippen molar-refractivity contribution in [1.29, 1.82) is 0 Å². The van der Waals surface area contributed by atoms with Crippen LogP contribution >= 0.6 is 0 Å². The highest BCUT2D eigenvalue weighted by Crippen LogP contribution is 2.15. The maximum Gasteiger partial charge on any atom is 0.302 e. The van der Waals surface area contributed by atoms with Gasteiger partial charge in [0, 0.05) is 26.2 Å². The molecule has 0 fully saturated rings. The fraction of sp³-hybridized carbons (Fsp3) is 0.875. The number of ketones is 1. The number of rotatable bonds is 27. The Balaban J connectivity index is 3.52. The van der Waals surface area contributed by atoms with Gasteiger partial charge in [-0.25, -0.2) is 0 Å². The average Bonchev–Trinajstić information content (AvgIpc) is 2.83. The maximum atomic E-state index is 12.1. The molecule has 0 spiro atoms.